The van der Waals surface area contributed by atoms with E-state index in [1.54, 1.807) is 39.2 Å². The number of hydrogen-bond donors (Lipinski definition) is 2. The molecule has 1 unspecified atom stereocenters. The van der Waals surface area contributed by atoms with Gasteiger partial charge in [0.15, 0.2) is 0 Å². The Hall–Kier alpha value is -2.77. The Morgan fingerprint density at radius 2 is 1.88 bits per heavy atom. The fourth-order valence-electron chi connectivity index (χ4n) is 2.07. The number of carboxylic acids is 1. The maximum absolute atomic E-state index is 12.2. The van der Waals surface area contributed by atoms with Crippen LogP contribution in [0.15, 0.2) is 18.2 Å². The van der Waals surface area contributed by atoms with Gasteiger partial charge in [0.1, 0.15) is 5.75 Å². The molecule has 25 heavy (non-hydrogen) atoms. The number of amides is 3. The Morgan fingerprint density at radius 1 is 1.24 bits per heavy atom. The fourth-order valence-corrected chi connectivity index (χ4v) is 2.07. The maximum Gasteiger partial charge on any atom is 0.321 e. The van der Waals surface area contributed by atoms with Crippen molar-refractivity contribution < 1.29 is 24.2 Å². The summed E-state index contributed by atoms with van der Waals surface area (Å²) in [6.07, 6.45) is 0. The van der Waals surface area contributed by atoms with Crippen molar-refractivity contribution in [2.45, 2.75) is 13.8 Å². The number of ether oxygens (including phenoxy) is 1. The van der Waals surface area contributed by atoms with E-state index in [0.717, 1.165) is 0 Å². The number of carbonyl (C=O) groups is 3. The SMILES string of the molecule is CCOc1cc(C(=O)N(C)C)ccc1NC(=O)N(C)CC(C)C(=O)O. The second-order valence-electron chi connectivity index (χ2n) is 5.89. The fraction of sp³-hybridized carbons (Fsp3) is 0.471. The first-order valence-electron chi connectivity index (χ1n) is 7.90. The van der Waals surface area contributed by atoms with Crippen LogP contribution < -0.4 is 10.1 Å². The van der Waals surface area contributed by atoms with Gasteiger partial charge >= 0.3 is 12.0 Å². The van der Waals surface area contributed by atoms with Crippen LogP contribution in [0, 0.1) is 5.92 Å². The summed E-state index contributed by atoms with van der Waals surface area (Å²) >= 11 is 0. The number of benzene rings is 1. The third-order valence-corrected chi connectivity index (χ3v) is 3.49. The molecule has 0 heterocycles. The van der Waals surface area contributed by atoms with Gasteiger partial charge in [-0.2, -0.15) is 0 Å². The molecular formula is C17H25N3O5. The summed E-state index contributed by atoms with van der Waals surface area (Å²) in [6, 6.07) is 4.30. The number of rotatable bonds is 7. The van der Waals surface area contributed by atoms with Gasteiger partial charge in [0, 0.05) is 33.3 Å². The molecule has 138 valence electrons. The lowest BCUT2D eigenvalue weighted by molar-refractivity contribution is -0.141. The normalized spacial score (nSPS) is 11.4. The summed E-state index contributed by atoms with van der Waals surface area (Å²) in [7, 11) is 4.81. The van der Waals surface area contributed by atoms with Crippen molar-refractivity contribution in [1.82, 2.24) is 9.80 Å². The van der Waals surface area contributed by atoms with Crippen molar-refractivity contribution in [2.24, 2.45) is 5.92 Å². The highest BCUT2D eigenvalue weighted by molar-refractivity contribution is 5.96. The molecule has 1 aromatic carbocycles. The zero-order valence-corrected chi connectivity index (χ0v) is 15.2. The van der Waals surface area contributed by atoms with Crippen molar-refractivity contribution in [2.75, 3.05) is 39.6 Å². The standard InChI is InChI=1S/C17H25N3O5/c1-6-25-14-9-12(15(21)19(3)4)7-8-13(14)18-17(24)20(5)10-11(2)16(22)23/h7-9,11H,6,10H2,1-5H3,(H,18,24)(H,22,23). The lowest BCUT2D eigenvalue weighted by Gasteiger charge is -2.21. The van der Waals surface area contributed by atoms with E-state index in [1.165, 1.54) is 23.8 Å². The van der Waals surface area contributed by atoms with Crippen LogP contribution in [-0.2, 0) is 4.79 Å². The van der Waals surface area contributed by atoms with Crippen molar-refractivity contribution in [3.63, 3.8) is 0 Å². The second kappa shape index (κ2) is 8.91. The summed E-state index contributed by atoms with van der Waals surface area (Å²) in [5, 5.41) is 11.6. The van der Waals surface area contributed by atoms with Crippen molar-refractivity contribution in [3.8, 4) is 5.75 Å². The molecule has 3 amide bonds. The van der Waals surface area contributed by atoms with Crippen molar-refractivity contribution >= 4 is 23.6 Å². The van der Waals surface area contributed by atoms with E-state index in [2.05, 4.69) is 5.32 Å². The molecule has 0 radical (unpaired) electrons. The molecule has 0 aliphatic carbocycles. The Labute approximate surface area is 147 Å². The highest BCUT2D eigenvalue weighted by Crippen LogP contribution is 2.27. The van der Waals surface area contributed by atoms with Gasteiger partial charge in [-0.25, -0.2) is 4.79 Å². The molecule has 0 saturated heterocycles. The lowest BCUT2D eigenvalue weighted by Crippen LogP contribution is -2.36. The molecule has 8 nitrogen and oxygen atoms in total. The van der Waals surface area contributed by atoms with Gasteiger partial charge in [0.2, 0.25) is 0 Å². The molecule has 0 aliphatic rings. The van der Waals surface area contributed by atoms with Gasteiger partial charge in [0.25, 0.3) is 5.91 Å². The van der Waals surface area contributed by atoms with Crippen LogP contribution >= 0.6 is 0 Å². The predicted molar refractivity (Wildman–Crippen MR) is 94.1 cm³/mol. The number of nitrogens with one attached hydrogen (secondary N) is 1. The minimum atomic E-state index is -0.971. The number of carbonyl (C=O) groups excluding carboxylic acids is 2. The molecule has 0 fully saturated rings. The Morgan fingerprint density at radius 3 is 2.40 bits per heavy atom. The number of anilines is 1. The lowest BCUT2D eigenvalue weighted by atomic mass is 10.1. The molecule has 0 bridgehead atoms. The number of urea groups is 1. The highest BCUT2D eigenvalue weighted by Gasteiger charge is 2.19. The molecule has 1 aromatic rings. The molecule has 0 aliphatic heterocycles. The van der Waals surface area contributed by atoms with Gasteiger partial charge in [-0.1, -0.05) is 6.92 Å². The van der Waals surface area contributed by atoms with E-state index in [4.69, 9.17) is 9.84 Å². The largest absolute Gasteiger partial charge is 0.492 e. The van der Waals surface area contributed by atoms with Gasteiger partial charge in [-0.3, -0.25) is 9.59 Å². The number of aliphatic carboxylic acids is 1. The average Bonchev–Trinajstić information content (AvgIpc) is 2.55. The van der Waals surface area contributed by atoms with Gasteiger partial charge in [-0.15, -0.1) is 0 Å². The Balaban J connectivity index is 2.94. The summed E-state index contributed by atoms with van der Waals surface area (Å²) in [6.45, 7) is 3.77. The topological polar surface area (TPSA) is 99.2 Å². The first-order chi connectivity index (χ1) is 11.7. The molecule has 0 saturated carbocycles. The van der Waals surface area contributed by atoms with Gasteiger partial charge in [-0.05, 0) is 25.1 Å². The zero-order valence-electron chi connectivity index (χ0n) is 15.2. The van der Waals surface area contributed by atoms with Crippen LogP contribution in [0.25, 0.3) is 0 Å². The van der Waals surface area contributed by atoms with E-state index in [-0.39, 0.29) is 12.5 Å². The quantitative estimate of drug-likeness (QED) is 0.782. The van der Waals surface area contributed by atoms with Crippen LogP contribution in [0.2, 0.25) is 0 Å². The molecular weight excluding hydrogens is 326 g/mol. The van der Waals surface area contributed by atoms with E-state index in [0.29, 0.717) is 23.6 Å². The van der Waals surface area contributed by atoms with Crippen LogP contribution in [0.5, 0.6) is 5.75 Å². The molecule has 2 N–H and O–H groups in total. The Kier molecular flexibility index (Phi) is 7.22. The van der Waals surface area contributed by atoms with Crippen LogP contribution in [0.4, 0.5) is 10.5 Å². The summed E-state index contributed by atoms with van der Waals surface area (Å²) in [5.74, 6) is -1.45. The number of carboxylic acid groups (broad SMARTS) is 1. The Bertz CT molecular complexity index is 645. The van der Waals surface area contributed by atoms with Gasteiger partial charge < -0.3 is 25.0 Å². The van der Waals surface area contributed by atoms with Crippen molar-refractivity contribution in [3.05, 3.63) is 23.8 Å². The van der Waals surface area contributed by atoms with E-state index in [9.17, 15) is 14.4 Å². The maximum atomic E-state index is 12.2. The molecule has 1 rings (SSSR count). The predicted octanol–water partition coefficient (Wildman–Crippen LogP) is 1.97. The first kappa shape index (κ1) is 20.3. The highest BCUT2D eigenvalue weighted by atomic mass is 16.5. The minimum absolute atomic E-state index is 0.0718. The molecule has 8 heteroatoms. The zero-order chi connectivity index (χ0) is 19.1. The molecule has 1 atom stereocenters. The first-order valence-corrected chi connectivity index (χ1v) is 7.90. The van der Waals surface area contributed by atoms with Crippen LogP contribution in [0.3, 0.4) is 0 Å². The van der Waals surface area contributed by atoms with Crippen molar-refractivity contribution in [1.29, 1.82) is 0 Å². The minimum Gasteiger partial charge on any atom is -0.492 e. The third kappa shape index (κ3) is 5.66. The average molecular weight is 351 g/mol. The van der Waals surface area contributed by atoms with E-state index < -0.39 is 17.9 Å². The number of nitrogens with zero attached hydrogens (tertiary/aromatic N) is 2. The molecule has 0 spiro atoms. The van der Waals surface area contributed by atoms with E-state index >= 15 is 0 Å². The van der Waals surface area contributed by atoms with E-state index in [1.807, 2.05) is 0 Å². The monoisotopic (exact) mass is 351 g/mol. The third-order valence-electron chi connectivity index (χ3n) is 3.49. The second-order valence-corrected chi connectivity index (χ2v) is 5.89. The van der Waals surface area contributed by atoms with Crippen LogP contribution in [-0.4, -0.2) is 67.1 Å². The summed E-state index contributed by atoms with van der Waals surface area (Å²) < 4.78 is 5.51. The smallest absolute Gasteiger partial charge is 0.321 e. The molecule has 0 aromatic heterocycles. The van der Waals surface area contributed by atoms with Gasteiger partial charge in [0.05, 0.1) is 18.2 Å². The summed E-state index contributed by atoms with van der Waals surface area (Å²) in [5.41, 5.74) is 0.858. The van der Waals surface area contributed by atoms with Crippen LogP contribution in [0.1, 0.15) is 24.2 Å². The summed E-state index contributed by atoms with van der Waals surface area (Å²) in [4.78, 5) is 37.9. The number of hydrogen-bond acceptors (Lipinski definition) is 4.